The van der Waals surface area contributed by atoms with Gasteiger partial charge in [0.15, 0.2) is 11.5 Å². The van der Waals surface area contributed by atoms with Crippen LogP contribution in [0.15, 0.2) is 36.4 Å². The van der Waals surface area contributed by atoms with Crippen LogP contribution in [0.4, 0.5) is 5.69 Å². The SMILES string of the molecule is CCOc1cc(-c2nnn(CC(=O)Nc3cccc(C)c3C)n2)ccc1OC. The molecule has 0 bridgehead atoms. The number of carbonyl (C=O) groups is 1. The van der Waals surface area contributed by atoms with Gasteiger partial charge in [-0.2, -0.15) is 4.80 Å². The van der Waals surface area contributed by atoms with Crippen LogP contribution in [0.1, 0.15) is 18.1 Å². The van der Waals surface area contributed by atoms with Crippen molar-refractivity contribution in [3.63, 3.8) is 0 Å². The van der Waals surface area contributed by atoms with E-state index in [0.717, 1.165) is 22.4 Å². The number of hydrogen-bond donors (Lipinski definition) is 1. The first-order valence-electron chi connectivity index (χ1n) is 8.97. The van der Waals surface area contributed by atoms with Gasteiger partial charge < -0.3 is 14.8 Å². The first-order valence-corrected chi connectivity index (χ1v) is 8.97. The van der Waals surface area contributed by atoms with Crippen molar-refractivity contribution >= 4 is 11.6 Å². The van der Waals surface area contributed by atoms with E-state index in [-0.39, 0.29) is 12.5 Å². The first kappa shape index (κ1) is 19.3. The molecule has 3 rings (SSSR count). The Kier molecular flexibility index (Phi) is 5.88. The Morgan fingerprint density at radius 1 is 1.18 bits per heavy atom. The molecule has 146 valence electrons. The second-order valence-electron chi connectivity index (χ2n) is 6.24. The lowest BCUT2D eigenvalue weighted by atomic mass is 10.1. The fraction of sp³-hybridized carbons (Fsp3) is 0.300. The van der Waals surface area contributed by atoms with Crippen LogP contribution in [0.25, 0.3) is 11.4 Å². The zero-order valence-corrected chi connectivity index (χ0v) is 16.4. The van der Waals surface area contributed by atoms with E-state index in [9.17, 15) is 4.79 Å². The molecular formula is C20H23N5O3. The number of nitrogens with one attached hydrogen (secondary N) is 1. The Balaban J connectivity index is 1.72. The molecule has 0 fully saturated rings. The van der Waals surface area contributed by atoms with Gasteiger partial charge in [-0.15, -0.1) is 10.2 Å². The summed E-state index contributed by atoms with van der Waals surface area (Å²) in [5.41, 5.74) is 3.65. The van der Waals surface area contributed by atoms with E-state index in [4.69, 9.17) is 9.47 Å². The highest BCUT2D eigenvalue weighted by Gasteiger charge is 2.13. The summed E-state index contributed by atoms with van der Waals surface area (Å²) in [7, 11) is 1.58. The van der Waals surface area contributed by atoms with Crippen molar-refractivity contribution in [3.8, 4) is 22.9 Å². The van der Waals surface area contributed by atoms with E-state index >= 15 is 0 Å². The molecule has 2 aromatic carbocycles. The van der Waals surface area contributed by atoms with Gasteiger partial charge in [-0.1, -0.05) is 12.1 Å². The molecule has 0 saturated heterocycles. The summed E-state index contributed by atoms with van der Waals surface area (Å²) in [6, 6.07) is 11.2. The molecule has 0 unspecified atom stereocenters. The molecule has 0 saturated carbocycles. The van der Waals surface area contributed by atoms with Crippen LogP contribution in [-0.2, 0) is 11.3 Å². The molecule has 8 nitrogen and oxygen atoms in total. The van der Waals surface area contributed by atoms with Gasteiger partial charge >= 0.3 is 0 Å². The lowest BCUT2D eigenvalue weighted by Gasteiger charge is -2.10. The second-order valence-corrected chi connectivity index (χ2v) is 6.24. The molecule has 0 aliphatic heterocycles. The summed E-state index contributed by atoms with van der Waals surface area (Å²) in [6.45, 7) is 6.35. The lowest BCUT2D eigenvalue weighted by molar-refractivity contribution is -0.117. The Morgan fingerprint density at radius 3 is 2.75 bits per heavy atom. The van der Waals surface area contributed by atoms with E-state index in [0.29, 0.717) is 23.9 Å². The zero-order chi connectivity index (χ0) is 20.1. The Labute approximate surface area is 163 Å². The van der Waals surface area contributed by atoms with Crippen LogP contribution < -0.4 is 14.8 Å². The molecule has 1 amide bonds. The van der Waals surface area contributed by atoms with Crippen LogP contribution in [-0.4, -0.2) is 39.8 Å². The number of amides is 1. The summed E-state index contributed by atoms with van der Waals surface area (Å²) in [5.74, 6) is 1.42. The quantitative estimate of drug-likeness (QED) is 0.676. The minimum atomic E-state index is -0.220. The summed E-state index contributed by atoms with van der Waals surface area (Å²) >= 11 is 0. The van der Waals surface area contributed by atoms with E-state index in [1.165, 1.54) is 4.80 Å². The maximum atomic E-state index is 12.3. The molecular weight excluding hydrogens is 358 g/mol. The number of carbonyl (C=O) groups excluding carboxylic acids is 1. The van der Waals surface area contributed by atoms with Gasteiger partial charge in [0.2, 0.25) is 11.7 Å². The van der Waals surface area contributed by atoms with Crippen molar-refractivity contribution in [3.05, 3.63) is 47.5 Å². The molecule has 28 heavy (non-hydrogen) atoms. The van der Waals surface area contributed by atoms with Gasteiger partial charge in [0.1, 0.15) is 6.54 Å². The summed E-state index contributed by atoms with van der Waals surface area (Å²) in [4.78, 5) is 13.6. The predicted molar refractivity (Wildman–Crippen MR) is 106 cm³/mol. The topological polar surface area (TPSA) is 91.2 Å². The predicted octanol–water partition coefficient (Wildman–Crippen LogP) is 3.00. The van der Waals surface area contributed by atoms with E-state index < -0.39 is 0 Å². The molecule has 8 heteroatoms. The molecule has 0 spiro atoms. The maximum Gasteiger partial charge on any atom is 0.248 e. The van der Waals surface area contributed by atoms with Crippen LogP contribution in [0, 0.1) is 13.8 Å². The van der Waals surface area contributed by atoms with Gasteiger partial charge in [-0.05, 0) is 61.4 Å². The Bertz CT molecular complexity index is 984. The number of benzene rings is 2. The largest absolute Gasteiger partial charge is 0.493 e. The normalized spacial score (nSPS) is 10.6. The molecule has 3 aromatic rings. The molecule has 0 radical (unpaired) electrons. The highest BCUT2D eigenvalue weighted by Crippen LogP contribution is 2.31. The summed E-state index contributed by atoms with van der Waals surface area (Å²) in [5, 5.41) is 15.2. The summed E-state index contributed by atoms with van der Waals surface area (Å²) < 4.78 is 10.9. The second kappa shape index (κ2) is 8.51. The third-order valence-corrected chi connectivity index (χ3v) is 4.34. The average molecular weight is 381 g/mol. The monoisotopic (exact) mass is 381 g/mol. The number of nitrogens with zero attached hydrogens (tertiary/aromatic N) is 4. The molecule has 0 aliphatic rings. The lowest BCUT2D eigenvalue weighted by Crippen LogP contribution is -2.21. The van der Waals surface area contributed by atoms with E-state index in [1.54, 1.807) is 19.2 Å². The van der Waals surface area contributed by atoms with Crippen LogP contribution >= 0.6 is 0 Å². The minimum Gasteiger partial charge on any atom is -0.493 e. The van der Waals surface area contributed by atoms with Crippen LogP contribution in [0.5, 0.6) is 11.5 Å². The van der Waals surface area contributed by atoms with Gasteiger partial charge in [-0.3, -0.25) is 4.79 Å². The summed E-state index contributed by atoms with van der Waals surface area (Å²) in [6.07, 6.45) is 0. The number of ether oxygens (including phenoxy) is 2. The zero-order valence-electron chi connectivity index (χ0n) is 16.4. The first-order chi connectivity index (χ1) is 13.5. The van der Waals surface area contributed by atoms with Gasteiger partial charge in [-0.25, -0.2) is 0 Å². The molecule has 1 N–H and O–H groups in total. The fourth-order valence-corrected chi connectivity index (χ4v) is 2.71. The van der Waals surface area contributed by atoms with Gasteiger partial charge in [0.05, 0.1) is 13.7 Å². The molecule has 1 aromatic heterocycles. The number of hydrogen-bond acceptors (Lipinski definition) is 6. The van der Waals surface area contributed by atoms with Crippen molar-refractivity contribution in [1.82, 2.24) is 20.2 Å². The third-order valence-electron chi connectivity index (χ3n) is 4.34. The fourth-order valence-electron chi connectivity index (χ4n) is 2.71. The number of methoxy groups -OCH3 is 1. The Morgan fingerprint density at radius 2 is 2.00 bits per heavy atom. The highest BCUT2D eigenvalue weighted by molar-refractivity contribution is 5.91. The number of rotatable bonds is 7. The standard InChI is InChI=1S/C20H23N5O3/c1-5-28-18-11-15(9-10-17(18)27-4)20-22-24-25(23-20)12-19(26)21-16-8-6-7-13(2)14(16)3/h6-11H,5,12H2,1-4H3,(H,21,26). The molecule has 0 aliphatic carbocycles. The van der Waals surface area contributed by atoms with Crippen LogP contribution in [0.2, 0.25) is 0 Å². The minimum absolute atomic E-state index is 0.0329. The van der Waals surface area contributed by atoms with E-state index in [2.05, 4.69) is 20.7 Å². The number of anilines is 1. The third kappa shape index (κ3) is 4.28. The molecule has 1 heterocycles. The van der Waals surface area contributed by atoms with E-state index in [1.807, 2.05) is 45.0 Å². The maximum absolute atomic E-state index is 12.3. The number of aromatic nitrogens is 4. The van der Waals surface area contributed by atoms with Crippen molar-refractivity contribution in [2.75, 3.05) is 19.0 Å². The van der Waals surface area contributed by atoms with Crippen molar-refractivity contribution in [1.29, 1.82) is 0 Å². The van der Waals surface area contributed by atoms with Crippen molar-refractivity contribution in [2.45, 2.75) is 27.3 Å². The highest BCUT2D eigenvalue weighted by atomic mass is 16.5. The number of tetrazole rings is 1. The van der Waals surface area contributed by atoms with Gasteiger partial charge in [0, 0.05) is 11.3 Å². The van der Waals surface area contributed by atoms with Crippen molar-refractivity contribution in [2.24, 2.45) is 0 Å². The smallest absolute Gasteiger partial charge is 0.248 e. The van der Waals surface area contributed by atoms with Crippen LogP contribution in [0.3, 0.4) is 0 Å². The average Bonchev–Trinajstić information content (AvgIpc) is 3.14. The van der Waals surface area contributed by atoms with Crippen molar-refractivity contribution < 1.29 is 14.3 Å². The Hall–Kier alpha value is -3.42. The number of aryl methyl sites for hydroxylation is 1. The van der Waals surface area contributed by atoms with Gasteiger partial charge in [0.25, 0.3) is 0 Å². The molecule has 0 atom stereocenters.